The molecule has 0 fully saturated rings. The van der Waals surface area contributed by atoms with E-state index in [1.54, 1.807) is 0 Å². The van der Waals surface area contributed by atoms with Gasteiger partial charge in [-0.2, -0.15) is 0 Å². The molecule has 2 aliphatic rings. The predicted molar refractivity (Wildman–Crippen MR) is 105 cm³/mol. The van der Waals surface area contributed by atoms with Crippen molar-refractivity contribution in [3.05, 3.63) is 59.2 Å². The lowest BCUT2D eigenvalue weighted by Crippen LogP contribution is -2.42. The molecule has 2 atom stereocenters. The molecule has 1 aliphatic carbocycles. The second kappa shape index (κ2) is 6.89. The van der Waals surface area contributed by atoms with Crippen molar-refractivity contribution in [2.24, 2.45) is 0 Å². The highest BCUT2D eigenvalue weighted by Gasteiger charge is 2.34. The summed E-state index contributed by atoms with van der Waals surface area (Å²) in [5.41, 5.74) is 3.68. The summed E-state index contributed by atoms with van der Waals surface area (Å²) >= 11 is 0. The van der Waals surface area contributed by atoms with Gasteiger partial charge in [-0.25, -0.2) is 4.79 Å². The van der Waals surface area contributed by atoms with Crippen LogP contribution in [0.5, 0.6) is 5.75 Å². The Morgan fingerprint density at radius 3 is 2.85 bits per heavy atom. The Kier molecular flexibility index (Phi) is 4.56. The highest BCUT2D eigenvalue weighted by Crippen LogP contribution is 2.39. The standard InChI is InChI=1S/C22H26N2O3/c1-22(2)13-19(16-7-3-4-9-20(16)27-22)24-21(26)23-18-8-5-6-14-10-11-15(25)12-17(14)18/h3-9,15,19,25H,10-13H2,1-2H3,(H2,23,24,26)/t15-,19+/m0/s1. The molecule has 27 heavy (non-hydrogen) atoms. The fourth-order valence-electron chi connectivity index (χ4n) is 4.13. The molecular formula is C22H26N2O3. The second-order valence-corrected chi connectivity index (χ2v) is 8.09. The summed E-state index contributed by atoms with van der Waals surface area (Å²) in [7, 11) is 0. The van der Waals surface area contributed by atoms with Crippen molar-refractivity contribution in [2.75, 3.05) is 5.32 Å². The van der Waals surface area contributed by atoms with Gasteiger partial charge in [0.1, 0.15) is 11.4 Å². The van der Waals surface area contributed by atoms with Gasteiger partial charge >= 0.3 is 6.03 Å². The predicted octanol–water partition coefficient (Wildman–Crippen LogP) is 3.96. The highest BCUT2D eigenvalue weighted by atomic mass is 16.5. The minimum atomic E-state index is -0.345. The van der Waals surface area contributed by atoms with Crippen LogP contribution in [0.2, 0.25) is 0 Å². The number of hydrogen-bond donors (Lipinski definition) is 3. The quantitative estimate of drug-likeness (QED) is 0.753. The van der Waals surface area contributed by atoms with Crippen LogP contribution in [0, 0.1) is 0 Å². The minimum Gasteiger partial charge on any atom is -0.487 e. The van der Waals surface area contributed by atoms with Crippen molar-refractivity contribution < 1.29 is 14.6 Å². The van der Waals surface area contributed by atoms with E-state index in [0.29, 0.717) is 12.8 Å². The highest BCUT2D eigenvalue weighted by molar-refractivity contribution is 5.90. The molecule has 0 bridgehead atoms. The topological polar surface area (TPSA) is 70.6 Å². The summed E-state index contributed by atoms with van der Waals surface area (Å²) in [6.07, 6.45) is 2.56. The van der Waals surface area contributed by atoms with Gasteiger partial charge in [0.15, 0.2) is 0 Å². The Balaban J connectivity index is 1.52. The summed E-state index contributed by atoms with van der Waals surface area (Å²) in [6.45, 7) is 4.06. The fourth-order valence-corrected chi connectivity index (χ4v) is 4.13. The van der Waals surface area contributed by atoms with Crippen LogP contribution in [-0.4, -0.2) is 22.8 Å². The van der Waals surface area contributed by atoms with Crippen molar-refractivity contribution in [1.82, 2.24) is 5.32 Å². The van der Waals surface area contributed by atoms with Gasteiger partial charge in [-0.1, -0.05) is 30.3 Å². The zero-order chi connectivity index (χ0) is 19.0. The van der Waals surface area contributed by atoms with E-state index in [9.17, 15) is 9.90 Å². The molecule has 1 aliphatic heterocycles. The largest absolute Gasteiger partial charge is 0.487 e. The molecule has 0 radical (unpaired) electrons. The van der Waals surface area contributed by atoms with E-state index in [1.807, 2.05) is 50.2 Å². The van der Waals surface area contributed by atoms with Crippen molar-refractivity contribution in [3.63, 3.8) is 0 Å². The zero-order valence-electron chi connectivity index (χ0n) is 15.8. The Hall–Kier alpha value is -2.53. The van der Waals surface area contributed by atoms with Crippen LogP contribution in [0.3, 0.4) is 0 Å². The molecule has 3 N–H and O–H groups in total. The maximum atomic E-state index is 12.7. The number of ether oxygens (including phenoxy) is 1. The molecule has 4 rings (SSSR count). The molecule has 2 aromatic rings. The first-order valence-electron chi connectivity index (χ1n) is 9.55. The lowest BCUT2D eigenvalue weighted by atomic mass is 9.88. The molecule has 5 nitrogen and oxygen atoms in total. The number of hydrogen-bond acceptors (Lipinski definition) is 3. The van der Waals surface area contributed by atoms with E-state index in [1.165, 1.54) is 5.56 Å². The molecule has 0 saturated carbocycles. The summed E-state index contributed by atoms with van der Waals surface area (Å²) in [5, 5.41) is 16.1. The number of nitrogens with one attached hydrogen (secondary N) is 2. The van der Waals surface area contributed by atoms with E-state index in [2.05, 4.69) is 16.7 Å². The molecular weight excluding hydrogens is 340 g/mol. The van der Waals surface area contributed by atoms with E-state index in [0.717, 1.165) is 35.4 Å². The number of rotatable bonds is 2. The number of carbonyl (C=O) groups excluding carboxylic acids is 1. The van der Waals surface area contributed by atoms with Gasteiger partial charge in [0, 0.05) is 24.1 Å². The third kappa shape index (κ3) is 3.78. The van der Waals surface area contributed by atoms with Crippen LogP contribution in [0.25, 0.3) is 0 Å². The maximum Gasteiger partial charge on any atom is 0.319 e. The smallest absolute Gasteiger partial charge is 0.319 e. The maximum absolute atomic E-state index is 12.7. The third-order valence-corrected chi connectivity index (χ3v) is 5.39. The summed E-state index contributed by atoms with van der Waals surface area (Å²) < 4.78 is 6.04. The van der Waals surface area contributed by atoms with Gasteiger partial charge in [-0.15, -0.1) is 0 Å². The van der Waals surface area contributed by atoms with Gasteiger partial charge in [0.05, 0.1) is 12.1 Å². The van der Waals surface area contributed by atoms with Crippen molar-refractivity contribution in [2.45, 2.75) is 57.3 Å². The number of para-hydroxylation sites is 1. The molecule has 0 spiro atoms. The average molecular weight is 366 g/mol. The van der Waals surface area contributed by atoms with Crippen molar-refractivity contribution >= 4 is 11.7 Å². The normalized spacial score (nSPS) is 22.8. The monoisotopic (exact) mass is 366 g/mol. The van der Waals surface area contributed by atoms with E-state index >= 15 is 0 Å². The molecule has 2 aromatic carbocycles. The van der Waals surface area contributed by atoms with Gasteiger partial charge in [0.25, 0.3) is 0 Å². The number of amides is 2. The van der Waals surface area contributed by atoms with Crippen LogP contribution in [-0.2, 0) is 12.8 Å². The zero-order valence-corrected chi connectivity index (χ0v) is 15.8. The number of anilines is 1. The molecule has 0 unspecified atom stereocenters. The van der Waals surface area contributed by atoms with Gasteiger partial charge < -0.3 is 20.5 Å². The van der Waals surface area contributed by atoms with Crippen LogP contribution in [0.15, 0.2) is 42.5 Å². The Labute approximate surface area is 159 Å². The minimum absolute atomic E-state index is 0.116. The molecule has 0 saturated heterocycles. The molecule has 5 heteroatoms. The lowest BCUT2D eigenvalue weighted by Gasteiger charge is -2.37. The van der Waals surface area contributed by atoms with Crippen LogP contribution in [0.1, 0.15) is 49.4 Å². The Morgan fingerprint density at radius 1 is 1.19 bits per heavy atom. The van der Waals surface area contributed by atoms with Gasteiger partial charge in [0.2, 0.25) is 0 Å². The lowest BCUT2D eigenvalue weighted by molar-refractivity contribution is 0.0683. The number of fused-ring (bicyclic) bond motifs is 2. The van der Waals surface area contributed by atoms with Crippen LogP contribution >= 0.6 is 0 Å². The summed E-state index contributed by atoms with van der Waals surface area (Å²) in [5.74, 6) is 0.819. The van der Waals surface area contributed by atoms with Crippen LogP contribution in [0.4, 0.5) is 10.5 Å². The number of carbonyl (C=O) groups is 1. The number of aliphatic hydroxyl groups is 1. The average Bonchev–Trinajstić information content (AvgIpc) is 2.61. The van der Waals surface area contributed by atoms with E-state index in [4.69, 9.17) is 4.74 Å². The molecule has 0 aromatic heterocycles. The van der Waals surface area contributed by atoms with E-state index in [-0.39, 0.29) is 23.8 Å². The molecule has 142 valence electrons. The summed E-state index contributed by atoms with van der Waals surface area (Å²) in [4.78, 5) is 12.7. The number of aryl methyl sites for hydroxylation is 1. The number of aliphatic hydroxyl groups excluding tert-OH is 1. The third-order valence-electron chi connectivity index (χ3n) is 5.39. The SMILES string of the molecule is CC1(C)C[C@@H](NC(=O)Nc2cccc3c2C[C@@H](O)CC3)c2ccccc2O1. The first kappa shape index (κ1) is 17.9. The first-order valence-corrected chi connectivity index (χ1v) is 9.55. The molecule has 2 amide bonds. The van der Waals surface area contributed by atoms with Crippen molar-refractivity contribution in [3.8, 4) is 5.75 Å². The number of benzene rings is 2. The number of urea groups is 1. The first-order chi connectivity index (χ1) is 12.9. The van der Waals surface area contributed by atoms with Gasteiger partial charge in [-0.05, 0) is 49.9 Å². The van der Waals surface area contributed by atoms with Crippen LogP contribution < -0.4 is 15.4 Å². The fraction of sp³-hybridized carbons (Fsp3) is 0.409. The van der Waals surface area contributed by atoms with Crippen molar-refractivity contribution in [1.29, 1.82) is 0 Å². The Morgan fingerprint density at radius 2 is 2.00 bits per heavy atom. The Bertz CT molecular complexity index is 862. The van der Waals surface area contributed by atoms with Gasteiger partial charge in [-0.3, -0.25) is 0 Å². The summed E-state index contributed by atoms with van der Waals surface area (Å²) in [6, 6.07) is 13.4. The molecule has 1 heterocycles. The van der Waals surface area contributed by atoms with E-state index < -0.39 is 0 Å². The second-order valence-electron chi connectivity index (χ2n) is 8.09.